The molecule has 6 aromatic heterocycles. The fraction of sp³-hybridized carbons (Fsp3) is 0.143. The summed E-state index contributed by atoms with van der Waals surface area (Å²) in [5, 5.41) is 0. The van der Waals surface area contributed by atoms with Gasteiger partial charge < -0.3 is 0 Å². The Labute approximate surface area is 615 Å². The molecule has 0 spiro atoms. The van der Waals surface area contributed by atoms with Crippen LogP contribution in [0.15, 0.2) is 133 Å². The fourth-order valence-corrected chi connectivity index (χ4v) is 11.9. The minimum absolute atomic E-state index is 0.0175. The molecule has 0 unspecified atom stereocenters. The lowest BCUT2D eigenvalue weighted by molar-refractivity contribution is 0.507. The van der Waals surface area contributed by atoms with Crippen molar-refractivity contribution in [3.8, 4) is 0 Å². The molecule has 0 fully saturated rings. The van der Waals surface area contributed by atoms with E-state index in [0.717, 1.165) is 45.3 Å². The molecule has 0 radical (unpaired) electrons. The largest absolute Gasteiger partial charge is 0.244 e. The maximum atomic E-state index is 13.9. The minimum Gasteiger partial charge on any atom is -0.244 e. The van der Waals surface area contributed by atoms with Crippen LogP contribution >= 0.6 is 0 Å². The highest BCUT2D eigenvalue weighted by Gasteiger charge is 2.22. The predicted octanol–water partition coefficient (Wildman–Crippen LogP) is 22.3. The molecule has 18 rings (SSSR count). The van der Waals surface area contributed by atoms with Gasteiger partial charge in [0.15, 0.2) is 58.2 Å². The van der Waals surface area contributed by atoms with E-state index < -0.39 is 69.8 Å². The summed E-state index contributed by atoms with van der Waals surface area (Å²) < 4.78 is 192. The number of nitrogens with zero attached hydrogens (tertiary/aromatic N) is 12. The maximum absolute atomic E-state index is 13.9. The first kappa shape index (κ1) is 75.5. The van der Waals surface area contributed by atoms with Crippen LogP contribution in [0.4, 0.5) is 61.5 Å². The molecule has 0 N–H and O–H groups in total. The van der Waals surface area contributed by atoms with Crippen molar-refractivity contribution in [2.45, 2.75) is 83.1 Å². The standard InChI is InChI=1S/2C14H8F4N2.3C14H10F2N2.C14H12N2/c1-5-7(15)3-9-13(11(5)17)19-10-4-8(16)6(2)12(18)14(10)20-9;1-5-3-7-13(11(17)9(5)15)20-8-4-6(2)10(16)12(18)14(8)19-7;1-7-3-11-13(5-9(7)15)18-12-4-8(2)10(16)6-14(12)17-11;1-7-3-9(15)13-11(5-7)17-14-10(16)4-8(2)6-12(14)18-13;1-7-3-5-9-13(11(7)15)17-10-6-4-8(2)12(16)14(10)18-9;1-9-3-5-11-13(7-9)15-12-6-4-10(2)8-14(12)16-11/h2*3-4H,1-2H3;3*3-6H,1-2H3;3-8H,1-2H3. The Morgan fingerprint density at radius 3 is 0.782 bits per heavy atom. The minimum atomic E-state index is -1.14. The van der Waals surface area contributed by atoms with Gasteiger partial charge in [-0.15, -0.1) is 0 Å². The van der Waals surface area contributed by atoms with E-state index in [0.29, 0.717) is 66.4 Å². The first-order valence-electron chi connectivity index (χ1n) is 33.7. The lowest BCUT2D eigenvalue weighted by atomic mass is 10.1. The second kappa shape index (κ2) is 29.8. The normalized spacial score (nSPS) is 11.4. The third kappa shape index (κ3) is 14.8. The summed E-state index contributed by atoms with van der Waals surface area (Å²) in [4.78, 5) is 49.9. The zero-order valence-corrected chi connectivity index (χ0v) is 60.4. The highest BCUT2D eigenvalue weighted by molar-refractivity contribution is 5.93. The van der Waals surface area contributed by atoms with Crippen molar-refractivity contribution < 1.29 is 61.5 Å². The predicted molar refractivity (Wildman–Crippen MR) is 399 cm³/mol. The molecule has 0 saturated heterocycles. The van der Waals surface area contributed by atoms with Crippen molar-refractivity contribution >= 4 is 132 Å². The van der Waals surface area contributed by atoms with Crippen LogP contribution in [0, 0.1) is 165 Å². The SMILES string of the molecule is Cc1c(F)cc2nc3c(F)c(C)c(F)cc3nc2c1F.Cc1cc(F)c2nc3cc(C)cc(F)c3nc2c1.Cc1cc2nc3c(F)c(F)c(C)cc3nc2c(F)c1F.Cc1cc2nc3cc(F)c(C)cc3nc2cc1F.Cc1ccc2nc3c(F)c(C)ccc3nc2c1F.Cc1ccc2nc3cc(C)ccc3nc2c1. The van der Waals surface area contributed by atoms with E-state index in [2.05, 4.69) is 97.9 Å². The number of rotatable bonds is 0. The van der Waals surface area contributed by atoms with Gasteiger partial charge in [-0.25, -0.2) is 121 Å². The number of aryl methyl sites for hydroxylation is 10. The van der Waals surface area contributed by atoms with Crippen molar-refractivity contribution in [2.75, 3.05) is 0 Å². The molecule has 552 valence electrons. The lowest BCUT2D eigenvalue weighted by Crippen LogP contribution is -2.00. The van der Waals surface area contributed by atoms with E-state index in [1.54, 1.807) is 90.1 Å². The van der Waals surface area contributed by atoms with E-state index in [1.165, 1.54) is 75.2 Å². The highest BCUT2D eigenvalue weighted by Crippen LogP contribution is 2.32. The van der Waals surface area contributed by atoms with Gasteiger partial charge in [0.2, 0.25) is 0 Å². The summed E-state index contributed by atoms with van der Waals surface area (Å²) in [5.74, 6) is -9.94. The molecule has 0 aliphatic carbocycles. The first-order chi connectivity index (χ1) is 52.2. The number of hydrogen-bond acceptors (Lipinski definition) is 12. The van der Waals surface area contributed by atoms with Crippen LogP contribution in [-0.2, 0) is 0 Å². The van der Waals surface area contributed by atoms with Crippen LogP contribution in [0.2, 0.25) is 0 Å². The molecular weight excluding hydrogens is 1440 g/mol. The molecule has 110 heavy (non-hydrogen) atoms. The molecule has 0 aliphatic rings. The quantitative estimate of drug-likeness (QED) is 0.105. The Hall–Kier alpha value is -12.7. The van der Waals surface area contributed by atoms with E-state index >= 15 is 0 Å². The zero-order chi connectivity index (χ0) is 78.9. The van der Waals surface area contributed by atoms with E-state index in [9.17, 15) is 61.5 Å². The van der Waals surface area contributed by atoms with Gasteiger partial charge in [-0.3, -0.25) is 0 Å². The average molecular weight is 1500 g/mol. The van der Waals surface area contributed by atoms with Gasteiger partial charge in [-0.2, -0.15) is 0 Å². The van der Waals surface area contributed by atoms with Crippen molar-refractivity contribution in [1.29, 1.82) is 0 Å². The smallest absolute Gasteiger partial charge is 0.186 e. The van der Waals surface area contributed by atoms with Gasteiger partial charge in [-0.1, -0.05) is 24.3 Å². The number of hydrogen-bond donors (Lipinski definition) is 0. The van der Waals surface area contributed by atoms with Crippen LogP contribution in [0.1, 0.15) is 66.8 Å². The number of aromatic nitrogens is 12. The summed E-state index contributed by atoms with van der Waals surface area (Å²) in [6.07, 6.45) is 0. The van der Waals surface area contributed by atoms with Gasteiger partial charge in [0.05, 0.1) is 88.3 Å². The Kier molecular flexibility index (Phi) is 20.4. The Balaban J connectivity index is 0.000000116. The van der Waals surface area contributed by atoms with E-state index in [1.807, 2.05) is 12.1 Å². The topological polar surface area (TPSA) is 155 Å². The monoisotopic (exact) mass is 1500 g/mol. The van der Waals surface area contributed by atoms with E-state index in [4.69, 9.17) is 0 Å². The molecule has 12 aromatic carbocycles. The number of fused-ring (bicyclic) bond motifs is 12. The molecule has 0 amide bonds. The third-order valence-electron chi connectivity index (χ3n) is 18.0. The Morgan fingerprint density at radius 2 is 0.409 bits per heavy atom. The molecule has 0 saturated carbocycles. The van der Waals surface area contributed by atoms with Gasteiger partial charge in [0, 0.05) is 35.4 Å². The van der Waals surface area contributed by atoms with Crippen LogP contribution in [0.5, 0.6) is 0 Å². The van der Waals surface area contributed by atoms with Crippen molar-refractivity contribution in [3.05, 3.63) is 282 Å². The molecule has 6 heterocycles. The summed E-state index contributed by atoms with van der Waals surface area (Å²) in [6, 6.07) is 35.5. The first-order valence-corrected chi connectivity index (χ1v) is 33.7. The summed E-state index contributed by atoms with van der Waals surface area (Å²) in [6.45, 7) is 19.5. The lowest BCUT2D eigenvalue weighted by Gasteiger charge is -2.07. The summed E-state index contributed by atoms with van der Waals surface area (Å²) >= 11 is 0. The average Bonchev–Trinajstić information content (AvgIpc) is 0.768. The van der Waals surface area contributed by atoms with Gasteiger partial charge in [0.25, 0.3) is 0 Å². The van der Waals surface area contributed by atoms with Gasteiger partial charge in [0.1, 0.15) is 67.4 Å². The van der Waals surface area contributed by atoms with Crippen molar-refractivity contribution in [2.24, 2.45) is 0 Å². The number of benzene rings is 12. The Morgan fingerprint density at radius 1 is 0.155 bits per heavy atom. The molecule has 18 aromatic rings. The highest BCUT2D eigenvalue weighted by atomic mass is 19.2. The third-order valence-corrected chi connectivity index (χ3v) is 18.0. The summed E-state index contributed by atoms with van der Waals surface area (Å²) in [7, 11) is 0. The molecular formula is C84H58F14N12. The molecule has 26 heteroatoms. The fourth-order valence-electron chi connectivity index (χ4n) is 11.9. The van der Waals surface area contributed by atoms with Gasteiger partial charge in [-0.05, 0) is 224 Å². The van der Waals surface area contributed by atoms with Crippen LogP contribution in [0.25, 0.3) is 132 Å². The molecule has 0 atom stereocenters. The maximum Gasteiger partial charge on any atom is 0.186 e. The van der Waals surface area contributed by atoms with Crippen LogP contribution in [0.3, 0.4) is 0 Å². The Bertz CT molecular complexity index is 6290. The zero-order valence-electron chi connectivity index (χ0n) is 60.4. The summed E-state index contributed by atoms with van der Waals surface area (Å²) in [5.41, 5.74) is 12.5. The molecule has 0 bridgehead atoms. The number of halogens is 14. The van der Waals surface area contributed by atoms with Crippen molar-refractivity contribution in [1.82, 2.24) is 59.8 Å². The molecule has 0 aliphatic heterocycles. The second-order valence-corrected chi connectivity index (χ2v) is 26.6. The second-order valence-electron chi connectivity index (χ2n) is 26.6. The van der Waals surface area contributed by atoms with Crippen LogP contribution in [-0.4, -0.2) is 59.8 Å². The van der Waals surface area contributed by atoms with E-state index in [-0.39, 0.29) is 100 Å². The van der Waals surface area contributed by atoms with Crippen LogP contribution < -0.4 is 0 Å². The van der Waals surface area contributed by atoms with Gasteiger partial charge >= 0.3 is 0 Å². The van der Waals surface area contributed by atoms with Crippen molar-refractivity contribution in [3.63, 3.8) is 0 Å². The molecule has 12 nitrogen and oxygen atoms in total.